The minimum Gasteiger partial charge on any atom is -0.508 e. The Hall–Kier alpha value is -1.51. The Morgan fingerprint density at radius 3 is 2.15 bits per heavy atom. The van der Waals surface area contributed by atoms with E-state index in [0.29, 0.717) is 6.61 Å². The zero-order chi connectivity index (χ0) is 15.4. The Morgan fingerprint density at radius 1 is 1.15 bits per heavy atom. The van der Waals surface area contributed by atoms with Crippen LogP contribution in [-0.2, 0) is 14.9 Å². The average Bonchev–Trinajstić information content (AvgIpc) is 2.37. The number of hydrogen-bond acceptors (Lipinski definition) is 3. The van der Waals surface area contributed by atoms with Crippen molar-refractivity contribution >= 4 is 5.97 Å². The van der Waals surface area contributed by atoms with Gasteiger partial charge in [0.15, 0.2) is 0 Å². The summed E-state index contributed by atoms with van der Waals surface area (Å²) in [6, 6.07) is 6.81. The van der Waals surface area contributed by atoms with Gasteiger partial charge in [-0.05, 0) is 36.5 Å². The van der Waals surface area contributed by atoms with Gasteiger partial charge in [0.1, 0.15) is 5.75 Å². The molecule has 1 rings (SSSR count). The highest BCUT2D eigenvalue weighted by Gasteiger charge is 2.47. The monoisotopic (exact) mass is 278 g/mol. The largest absolute Gasteiger partial charge is 0.508 e. The van der Waals surface area contributed by atoms with Crippen molar-refractivity contribution in [2.75, 3.05) is 6.61 Å². The van der Waals surface area contributed by atoms with Gasteiger partial charge in [-0.25, -0.2) is 0 Å². The van der Waals surface area contributed by atoms with Gasteiger partial charge in [0.2, 0.25) is 0 Å². The number of benzene rings is 1. The molecule has 3 heteroatoms. The molecule has 3 nitrogen and oxygen atoms in total. The molecule has 1 unspecified atom stereocenters. The summed E-state index contributed by atoms with van der Waals surface area (Å²) in [5, 5.41) is 9.42. The van der Waals surface area contributed by atoms with E-state index < -0.39 is 5.41 Å². The van der Waals surface area contributed by atoms with Crippen LogP contribution in [0.15, 0.2) is 24.3 Å². The van der Waals surface area contributed by atoms with E-state index in [1.165, 1.54) is 0 Å². The van der Waals surface area contributed by atoms with E-state index in [0.717, 1.165) is 18.4 Å². The predicted molar refractivity (Wildman–Crippen MR) is 80.8 cm³/mol. The summed E-state index contributed by atoms with van der Waals surface area (Å²) >= 11 is 0. The summed E-state index contributed by atoms with van der Waals surface area (Å²) < 4.78 is 5.46. The van der Waals surface area contributed by atoms with Crippen molar-refractivity contribution in [1.29, 1.82) is 0 Å². The maximum Gasteiger partial charge on any atom is 0.316 e. The van der Waals surface area contributed by atoms with Gasteiger partial charge in [0, 0.05) is 0 Å². The zero-order valence-corrected chi connectivity index (χ0v) is 13.2. The maximum absolute atomic E-state index is 12.6. The van der Waals surface area contributed by atoms with Crippen LogP contribution in [-0.4, -0.2) is 17.7 Å². The SMILES string of the molecule is CCCCOC(=O)C(C)(c1ccc(O)cc1)C(C)(C)C. The van der Waals surface area contributed by atoms with E-state index in [1.807, 2.05) is 27.7 Å². The molecule has 0 aliphatic rings. The Morgan fingerprint density at radius 2 is 1.70 bits per heavy atom. The second-order valence-corrected chi connectivity index (χ2v) is 6.41. The molecule has 1 atom stereocenters. The minimum atomic E-state index is -0.742. The van der Waals surface area contributed by atoms with Crippen LogP contribution in [0.3, 0.4) is 0 Å². The molecule has 0 radical (unpaired) electrons. The number of unbranched alkanes of at least 4 members (excludes halogenated alkanes) is 1. The number of ether oxygens (including phenoxy) is 1. The summed E-state index contributed by atoms with van der Waals surface area (Å²) in [6.07, 6.45) is 1.88. The van der Waals surface area contributed by atoms with Gasteiger partial charge < -0.3 is 9.84 Å². The van der Waals surface area contributed by atoms with Crippen molar-refractivity contribution in [3.05, 3.63) is 29.8 Å². The van der Waals surface area contributed by atoms with E-state index in [-0.39, 0.29) is 17.1 Å². The van der Waals surface area contributed by atoms with Gasteiger partial charge in [-0.15, -0.1) is 0 Å². The van der Waals surface area contributed by atoms with Crippen molar-refractivity contribution in [3.8, 4) is 5.75 Å². The fourth-order valence-electron chi connectivity index (χ4n) is 2.11. The summed E-state index contributed by atoms with van der Waals surface area (Å²) in [6.45, 7) is 10.5. The lowest BCUT2D eigenvalue weighted by molar-refractivity contribution is -0.154. The first kappa shape index (κ1) is 16.5. The average molecular weight is 278 g/mol. The quantitative estimate of drug-likeness (QED) is 0.653. The fraction of sp³-hybridized carbons (Fsp3) is 0.588. The second-order valence-electron chi connectivity index (χ2n) is 6.41. The molecule has 0 fully saturated rings. The molecular formula is C17H26O3. The number of carbonyl (C=O) groups is 1. The van der Waals surface area contributed by atoms with Gasteiger partial charge in [-0.1, -0.05) is 46.2 Å². The summed E-state index contributed by atoms with van der Waals surface area (Å²) in [7, 11) is 0. The Labute approximate surface area is 122 Å². The van der Waals surface area contributed by atoms with Crippen LogP contribution in [0, 0.1) is 5.41 Å². The van der Waals surface area contributed by atoms with E-state index in [9.17, 15) is 9.90 Å². The van der Waals surface area contributed by atoms with Crippen LogP contribution < -0.4 is 0 Å². The molecule has 1 aromatic carbocycles. The third-order valence-corrected chi connectivity index (χ3v) is 4.08. The van der Waals surface area contributed by atoms with Crippen LogP contribution in [0.1, 0.15) is 53.0 Å². The first-order valence-electron chi connectivity index (χ1n) is 7.20. The Bertz CT molecular complexity index is 442. The van der Waals surface area contributed by atoms with Gasteiger partial charge >= 0.3 is 5.97 Å². The molecule has 0 aliphatic heterocycles. The van der Waals surface area contributed by atoms with Crippen LogP contribution >= 0.6 is 0 Å². The van der Waals surface area contributed by atoms with E-state index in [4.69, 9.17) is 4.74 Å². The number of phenolic OH excluding ortho intramolecular Hbond substituents is 1. The lowest BCUT2D eigenvalue weighted by Crippen LogP contribution is -2.45. The highest BCUT2D eigenvalue weighted by molar-refractivity contribution is 5.84. The minimum absolute atomic E-state index is 0.198. The first-order valence-corrected chi connectivity index (χ1v) is 7.20. The molecule has 0 aromatic heterocycles. The summed E-state index contributed by atoms with van der Waals surface area (Å²) in [5.74, 6) is -0.00602. The maximum atomic E-state index is 12.6. The zero-order valence-electron chi connectivity index (χ0n) is 13.2. The Kier molecular flexibility index (Phi) is 5.21. The van der Waals surface area contributed by atoms with Gasteiger partial charge in [0.25, 0.3) is 0 Å². The van der Waals surface area contributed by atoms with Gasteiger partial charge in [-0.3, -0.25) is 4.79 Å². The van der Waals surface area contributed by atoms with Crippen molar-refractivity contribution < 1.29 is 14.6 Å². The van der Waals surface area contributed by atoms with Crippen LogP contribution in [0.5, 0.6) is 5.75 Å². The third-order valence-electron chi connectivity index (χ3n) is 4.08. The predicted octanol–water partition coefficient (Wildman–Crippen LogP) is 4.04. The highest BCUT2D eigenvalue weighted by atomic mass is 16.5. The van der Waals surface area contributed by atoms with Crippen molar-refractivity contribution in [2.24, 2.45) is 5.41 Å². The van der Waals surface area contributed by atoms with E-state index in [2.05, 4.69) is 6.92 Å². The fourth-order valence-corrected chi connectivity index (χ4v) is 2.11. The number of aromatic hydroxyl groups is 1. The topological polar surface area (TPSA) is 46.5 Å². The van der Waals surface area contributed by atoms with Crippen molar-refractivity contribution in [3.63, 3.8) is 0 Å². The lowest BCUT2D eigenvalue weighted by Gasteiger charge is -2.40. The van der Waals surface area contributed by atoms with Crippen LogP contribution in [0.2, 0.25) is 0 Å². The highest BCUT2D eigenvalue weighted by Crippen LogP contribution is 2.42. The molecule has 0 saturated heterocycles. The molecule has 0 aliphatic carbocycles. The summed E-state index contributed by atoms with van der Waals surface area (Å²) in [4.78, 5) is 12.6. The molecule has 20 heavy (non-hydrogen) atoms. The molecule has 0 saturated carbocycles. The van der Waals surface area contributed by atoms with E-state index in [1.54, 1.807) is 24.3 Å². The standard InChI is InChI=1S/C17H26O3/c1-6-7-12-20-15(19)17(5,16(2,3)4)13-8-10-14(18)11-9-13/h8-11,18H,6-7,12H2,1-5H3. The number of rotatable bonds is 5. The van der Waals surface area contributed by atoms with Gasteiger partial charge in [-0.2, -0.15) is 0 Å². The van der Waals surface area contributed by atoms with Crippen molar-refractivity contribution in [1.82, 2.24) is 0 Å². The first-order chi connectivity index (χ1) is 9.23. The molecule has 0 heterocycles. The number of carbonyl (C=O) groups excluding carboxylic acids is 1. The molecule has 0 amide bonds. The third kappa shape index (κ3) is 3.33. The summed E-state index contributed by atoms with van der Waals surface area (Å²) in [5.41, 5.74) is -0.161. The number of esters is 1. The second kappa shape index (κ2) is 6.29. The van der Waals surface area contributed by atoms with Gasteiger partial charge in [0.05, 0.1) is 12.0 Å². The molecule has 1 aromatic rings. The number of hydrogen-bond donors (Lipinski definition) is 1. The molecule has 1 N–H and O–H groups in total. The van der Waals surface area contributed by atoms with Crippen LogP contribution in [0.25, 0.3) is 0 Å². The molecule has 112 valence electrons. The van der Waals surface area contributed by atoms with E-state index >= 15 is 0 Å². The normalized spacial score (nSPS) is 14.7. The number of phenols is 1. The molecule has 0 spiro atoms. The Balaban J connectivity index is 3.10. The van der Waals surface area contributed by atoms with Crippen LogP contribution in [0.4, 0.5) is 0 Å². The molecule has 0 bridgehead atoms. The molecular weight excluding hydrogens is 252 g/mol. The lowest BCUT2D eigenvalue weighted by atomic mass is 9.64. The smallest absolute Gasteiger partial charge is 0.316 e. The van der Waals surface area contributed by atoms with Crippen molar-refractivity contribution in [2.45, 2.75) is 52.9 Å².